The standard InChI is InChI=1S/C11H19N3O2/c1-11(2)7-9(15)14(10(11)16)8-13-5-3-12-4-6-13/h12H,3-8H2,1-2H3. The number of carbonyl (C=O) groups excluding carboxylic acids is 2. The average Bonchev–Trinajstić information content (AvgIpc) is 2.42. The lowest BCUT2D eigenvalue weighted by Gasteiger charge is -2.30. The third kappa shape index (κ3) is 2.10. The van der Waals surface area contributed by atoms with Crippen molar-refractivity contribution in [3.8, 4) is 0 Å². The van der Waals surface area contributed by atoms with E-state index in [9.17, 15) is 9.59 Å². The normalized spacial score (nSPS) is 26.5. The number of hydrogen-bond acceptors (Lipinski definition) is 4. The highest BCUT2D eigenvalue weighted by Crippen LogP contribution is 2.31. The van der Waals surface area contributed by atoms with Crippen LogP contribution in [0.5, 0.6) is 0 Å². The quantitative estimate of drug-likeness (QED) is 0.652. The van der Waals surface area contributed by atoms with Gasteiger partial charge in [0.1, 0.15) is 0 Å². The van der Waals surface area contributed by atoms with Gasteiger partial charge in [-0.1, -0.05) is 13.8 Å². The number of likely N-dealkylation sites (tertiary alicyclic amines) is 1. The van der Waals surface area contributed by atoms with Gasteiger partial charge in [-0.05, 0) is 0 Å². The molecule has 5 heteroatoms. The largest absolute Gasteiger partial charge is 0.314 e. The predicted octanol–water partition coefficient (Wildman–Crippen LogP) is -0.366. The Kier molecular flexibility index (Phi) is 2.99. The second kappa shape index (κ2) is 4.14. The summed E-state index contributed by atoms with van der Waals surface area (Å²) in [4.78, 5) is 27.3. The van der Waals surface area contributed by atoms with Crippen LogP contribution in [-0.4, -0.2) is 54.5 Å². The molecule has 0 aromatic rings. The molecule has 2 amide bonds. The van der Waals surface area contributed by atoms with Gasteiger partial charge in [-0.15, -0.1) is 0 Å². The molecule has 0 bridgehead atoms. The van der Waals surface area contributed by atoms with Crippen molar-refractivity contribution in [1.82, 2.24) is 15.1 Å². The molecule has 2 saturated heterocycles. The van der Waals surface area contributed by atoms with Crippen LogP contribution in [0.25, 0.3) is 0 Å². The predicted molar refractivity (Wildman–Crippen MR) is 59.6 cm³/mol. The van der Waals surface area contributed by atoms with Crippen LogP contribution in [0.2, 0.25) is 0 Å². The zero-order valence-electron chi connectivity index (χ0n) is 9.95. The monoisotopic (exact) mass is 225 g/mol. The summed E-state index contributed by atoms with van der Waals surface area (Å²) in [7, 11) is 0. The zero-order chi connectivity index (χ0) is 11.8. The van der Waals surface area contributed by atoms with Gasteiger partial charge in [0, 0.05) is 32.6 Å². The van der Waals surface area contributed by atoms with Crippen LogP contribution in [0.3, 0.4) is 0 Å². The number of rotatable bonds is 2. The molecule has 0 saturated carbocycles. The first kappa shape index (κ1) is 11.5. The van der Waals surface area contributed by atoms with E-state index >= 15 is 0 Å². The van der Waals surface area contributed by atoms with Crippen molar-refractivity contribution in [3.05, 3.63) is 0 Å². The molecule has 5 nitrogen and oxygen atoms in total. The van der Waals surface area contributed by atoms with E-state index in [-0.39, 0.29) is 11.8 Å². The van der Waals surface area contributed by atoms with Gasteiger partial charge in [0.15, 0.2) is 0 Å². The number of hydrogen-bond donors (Lipinski definition) is 1. The Morgan fingerprint density at radius 1 is 1.25 bits per heavy atom. The van der Waals surface area contributed by atoms with Crippen molar-refractivity contribution in [2.45, 2.75) is 20.3 Å². The summed E-state index contributed by atoms with van der Waals surface area (Å²) in [6.45, 7) is 7.80. The van der Waals surface area contributed by atoms with E-state index in [0.717, 1.165) is 26.2 Å². The van der Waals surface area contributed by atoms with Gasteiger partial charge < -0.3 is 5.32 Å². The topological polar surface area (TPSA) is 52.7 Å². The maximum absolute atomic E-state index is 12.0. The van der Waals surface area contributed by atoms with Crippen LogP contribution in [0.4, 0.5) is 0 Å². The highest BCUT2D eigenvalue weighted by molar-refractivity contribution is 6.05. The van der Waals surface area contributed by atoms with Crippen LogP contribution >= 0.6 is 0 Å². The number of nitrogens with one attached hydrogen (secondary N) is 1. The van der Waals surface area contributed by atoms with Crippen molar-refractivity contribution < 1.29 is 9.59 Å². The Morgan fingerprint density at radius 2 is 1.88 bits per heavy atom. The summed E-state index contributed by atoms with van der Waals surface area (Å²) in [6.07, 6.45) is 0.345. The molecular formula is C11H19N3O2. The van der Waals surface area contributed by atoms with Gasteiger partial charge in [0.2, 0.25) is 11.8 Å². The number of carbonyl (C=O) groups is 2. The van der Waals surface area contributed by atoms with Crippen LogP contribution in [0.1, 0.15) is 20.3 Å². The maximum Gasteiger partial charge on any atom is 0.236 e. The lowest BCUT2D eigenvalue weighted by atomic mass is 9.92. The molecule has 1 N–H and O–H groups in total. The van der Waals surface area contributed by atoms with Gasteiger partial charge in [0.05, 0.1) is 12.1 Å². The van der Waals surface area contributed by atoms with Gasteiger partial charge >= 0.3 is 0 Å². The molecule has 0 aliphatic carbocycles. The molecular weight excluding hydrogens is 206 g/mol. The maximum atomic E-state index is 12.0. The van der Waals surface area contributed by atoms with Crippen LogP contribution < -0.4 is 5.32 Å². The smallest absolute Gasteiger partial charge is 0.236 e. The highest BCUT2D eigenvalue weighted by Gasteiger charge is 2.45. The molecule has 2 aliphatic rings. The van der Waals surface area contributed by atoms with E-state index in [4.69, 9.17) is 0 Å². The molecule has 0 atom stereocenters. The Balaban J connectivity index is 1.99. The summed E-state index contributed by atoms with van der Waals surface area (Å²) in [5.41, 5.74) is -0.509. The van der Waals surface area contributed by atoms with E-state index < -0.39 is 5.41 Å². The molecule has 0 unspecified atom stereocenters. The molecule has 0 aromatic carbocycles. The molecule has 0 spiro atoms. The second-order valence-electron chi connectivity index (χ2n) is 5.20. The van der Waals surface area contributed by atoms with E-state index in [1.165, 1.54) is 4.90 Å². The molecule has 90 valence electrons. The van der Waals surface area contributed by atoms with Gasteiger partial charge in [-0.3, -0.25) is 19.4 Å². The van der Waals surface area contributed by atoms with Gasteiger partial charge in [0.25, 0.3) is 0 Å². The summed E-state index contributed by atoms with van der Waals surface area (Å²) >= 11 is 0. The van der Waals surface area contributed by atoms with E-state index in [1.807, 2.05) is 13.8 Å². The molecule has 2 fully saturated rings. The molecule has 16 heavy (non-hydrogen) atoms. The molecule has 0 aromatic heterocycles. The number of amides is 2. The Morgan fingerprint density at radius 3 is 2.38 bits per heavy atom. The summed E-state index contributed by atoms with van der Waals surface area (Å²) < 4.78 is 0. The van der Waals surface area contributed by atoms with Crippen LogP contribution in [-0.2, 0) is 9.59 Å². The van der Waals surface area contributed by atoms with E-state index in [2.05, 4.69) is 10.2 Å². The third-order valence-electron chi connectivity index (χ3n) is 3.27. The van der Waals surface area contributed by atoms with Crippen LogP contribution in [0, 0.1) is 5.41 Å². The van der Waals surface area contributed by atoms with Crippen molar-refractivity contribution >= 4 is 11.8 Å². The lowest BCUT2D eigenvalue weighted by Crippen LogP contribution is -2.50. The SMILES string of the molecule is CC1(C)CC(=O)N(CN2CCNCC2)C1=O. The van der Waals surface area contributed by atoms with Crippen molar-refractivity contribution in [3.63, 3.8) is 0 Å². The molecule has 0 radical (unpaired) electrons. The lowest BCUT2D eigenvalue weighted by molar-refractivity contribution is -0.143. The highest BCUT2D eigenvalue weighted by atomic mass is 16.2. The fraction of sp³-hybridized carbons (Fsp3) is 0.818. The van der Waals surface area contributed by atoms with Crippen molar-refractivity contribution in [2.24, 2.45) is 5.41 Å². The van der Waals surface area contributed by atoms with E-state index in [0.29, 0.717) is 13.1 Å². The first-order chi connectivity index (χ1) is 7.50. The Labute approximate surface area is 95.8 Å². The summed E-state index contributed by atoms with van der Waals surface area (Å²) in [5, 5.41) is 3.25. The summed E-state index contributed by atoms with van der Waals surface area (Å²) in [6, 6.07) is 0. The molecule has 2 heterocycles. The first-order valence-corrected chi connectivity index (χ1v) is 5.78. The minimum absolute atomic E-state index is 0.0315. The summed E-state index contributed by atoms with van der Waals surface area (Å²) in [5.74, 6) is -0.0652. The molecule has 2 aliphatic heterocycles. The van der Waals surface area contributed by atoms with Gasteiger partial charge in [-0.2, -0.15) is 0 Å². The molecule has 2 rings (SSSR count). The van der Waals surface area contributed by atoms with Crippen LogP contribution in [0.15, 0.2) is 0 Å². The number of piperazine rings is 1. The second-order valence-corrected chi connectivity index (χ2v) is 5.20. The fourth-order valence-electron chi connectivity index (χ4n) is 2.22. The number of nitrogens with zero attached hydrogens (tertiary/aromatic N) is 2. The van der Waals surface area contributed by atoms with Gasteiger partial charge in [-0.25, -0.2) is 0 Å². The Hall–Kier alpha value is -0.940. The van der Waals surface area contributed by atoms with E-state index in [1.54, 1.807) is 0 Å². The number of imide groups is 1. The van der Waals surface area contributed by atoms with Crippen molar-refractivity contribution in [1.29, 1.82) is 0 Å². The third-order valence-corrected chi connectivity index (χ3v) is 3.27. The van der Waals surface area contributed by atoms with Crippen molar-refractivity contribution in [2.75, 3.05) is 32.8 Å². The minimum Gasteiger partial charge on any atom is -0.314 e. The average molecular weight is 225 g/mol. The fourth-order valence-corrected chi connectivity index (χ4v) is 2.22. The first-order valence-electron chi connectivity index (χ1n) is 5.78. The minimum atomic E-state index is -0.509. The Bertz CT molecular complexity index is 308. The zero-order valence-corrected chi connectivity index (χ0v) is 9.95.